The molecule has 4 nitrogen and oxygen atoms in total. The van der Waals surface area contributed by atoms with Crippen LogP contribution < -0.4 is 15.2 Å². The van der Waals surface area contributed by atoms with Crippen molar-refractivity contribution in [2.45, 2.75) is 26.5 Å². The van der Waals surface area contributed by atoms with Gasteiger partial charge in [-0.15, -0.1) is 0 Å². The van der Waals surface area contributed by atoms with Crippen LogP contribution in [0.2, 0.25) is 5.02 Å². The molecule has 2 N–H and O–H groups in total. The average Bonchev–Trinajstić information content (AvgIpc) is 2.41. The van der Waals surface area contributed by atoms with Crippen molar-refractivity contribution >= 4 is 11.6 Å². The normalized spacial score (nSPS) is 10.7. The van der Waals surface area contributed by atoms with E-state index in [0.29, 0.717) is 28.9 Å². The molecule has 0 aliphatic heterocycles. The number of ether oxygens (including phenoxy) is 2. The second kappa shape index (κ2) is 6.59. The lowest BCUT2D eigenvalue weighted by Crippen LogP contribution is -2.07. The highest BCUT2D eigenvalue weighted by molar-refractivity contribution is 6.31. The first-order chi connectivity index (χ1) is 9.61. The molecule has 0 saturated heterocycles. The van der Waals surface area contributed by atoms with Crippen molar-refractivity contribution in [2.24, 2.45) is 5.73 Å². The first kappa shape index (κ1) is 14.6. The van der Waals surface area contributed by atoms with Crippen LogP contribution in [0.15, 0.2) is 36.5 Å². The van der Waals surface area contributed by atoms with Crippen LogP contribution in [0.25, 0.3) is 0 Å². The number of rotatable bonds is 5. The van der Waals surface area contributed by atoms with Crippen molar-refractivity contribution in [3.05, 3.63) is 47.1 Å². The lowest BCUT2D eigenvalue weighted by atomic mass is 10.2. The Hall–Kier alpha value is -1.78. The maximum absolute atomic E-state index is 6.11. The van der Waals surface area contributed by atoms with Crippen LogP contribution in [0.5, 0.6) is 17.4 Å². The summed E-state index contributed by atoms with van der Waals surface area (Å²) < 4.78 is 11.5. The first-order valence-electron chi connectivity index (χ1n) is 6.38. The maximum Gasteiger partial charge on any atom is 0.262 e. The van der Waals surface area contributed by atoms with Gasteiger partial charge in [-0.3, -0.25) is 0 Å². The minimum absolute atomic E-state index is 0.0369. The minimum atomic E-state index is 0.0369. The van der Waals surface area contributed by atoms with Gasteiger partial charge in [-0.1, -0.05) is 17.7 Å². The largest absolute Gasteiger partial charge is 0.485 e. The van der Waals surface area contributed by atoms with E-state index in [1.165, 1.54) is 0 Å². The molecule has 0 aliphatic carbocycles. The first-order valence-corrected chi connectivity index (χ1v) is 6.76. The highest BCUT2D eigenvalue weighted by atomic mass is 35.5. The molecule has 2 rings (SSSR count). The van der Waals surface area contributed by atoms with Gasteiger partial charge in [0.15, 0.2) is 5.75 Å². The molecule has 0 spiro atoms. The van der Waals surface area contributed by atoms with Crippen LogP contribution >= 0.6 is 11.6 Å². The van der Waals surface area contributed by atoms with Gasteiger partial charge in [0.2, 0.25) is 0 Å². The average molecular weight is 293 g/mol. The van der Waals surface area contributed by atoms with E-state index in [-0.39, 0.29) is 6.10 Å². The zero-order valence-electron chi connectivity index (χ0n) is 11.5. The van der Waals surface area contributed by atoms with Crippen molar-refractivity contribution in [3.63, 3.8) is 0 Å². The fraction of sp³-hybridized carbons (Fsp3) is 0.267. The molecule has 0 bridgehead atoms. The van der Waals surface area contributed by atoms with Gasteiger partial charge in [-0.2, -0.15) is 0 Å². The Balaban J connectivity index is 2.33. The third kappa shape index (κ3) is 3.40. The van der Waals surface area contributed by atoms with Crippen molar-refractivity contribution in [3.8, 4) is 17.4 Å². The zero-order chi connectivity index (χ0) is 14.5. The summed E-state index contributed by atoms with van der Waals surface area (Å²) in [6, 6.07) is 9.01. The highest BCUT2D eigenvalue weighted by Gasteiger charge is 2.12. The number of pyridine rings is 1. The number of benzene rings is 1. The summed E-state index contributed by atoms with van der Waals surface area (Å²) in [7, 11) is 0. The molecule has 0 unspecified atom stereocenters. The van der Waals surface area contributed by atoms with Crippen LogP contribution in [0, 0.1) is 0 Å². The van der Waals surface area contributed by atoms with Crippen LogP contribution in [-0.4, -0.2) is 11.1 Å². The second-order valence-electron chi connectivity index (χ2n) is 4.50. The van der Waals surface area contributed by atoms with Gasteiger partial charge in [-0.25, -0.2) is 4.98 Å². The van der Waals surface area contributed by atoms with Crippen molar-refractivity contribution in [2.75, 3.05) is 0 Å². The van der Waals surface area contributed by atoms with Gasteiger partial charge in [0.25, 0.3) is 5.88 Å². The predicted octanol–water partition coefficient (Wildman–Crippen LogP) is 3.77. The van der Waals surface area contributed by atoms with Gasteiger partial charge in [-0.05, 0) is 38.1 Å². The molecule has 1 aromatic carbocycles. The fourth-order valence-corrected chi connectivity index (χ4v) is 1.98. The summed E-state index contributed by atoms with van der Waals surface area (Å²) in [5.41, 5.74) is 6.45. The van der Waals surface area contributed by atoms with Gasteiger partial charge in [0, 0.05) is 23.3 Å². The standard InChI is InChI=1S/C15H17ClN2O2/c1-10(2)19-14-7-4-8-18-15(14)20-13-6-3-5-12(16)11(13)9-17/h3-8,10H,9,17H2,1-2H3. The Kier molecular flexibility index (Phi) is 4.82. The smallest absolute Gasteiger partial charge is 0.262 e. The van der Waals surface area contributed by atoms with Crippen LogP contribution in [-0.2, 0) is 6.54 Å². The molecule has 2 aromatic rings. The third-order valence-electron chi connectivity index (χ3n) is 2.59. The summed E-state index contributed by atoms with van der Waals surface area (Å²) in [5.74, 6) is 1.58. The summed E-state index contributed by atoms with van der Waals surface area (Å²) >= 11 is 6.11. The fourth-order valence-electron chi connectivity index (χ4n) is 1.73. The third-order valence-corrected chi connectivity index (χ3v) is 2.94. The number of nitrogens with two attached hydrogens (primary N) is 1. The molecule has 106 valence electrons. The van der Waals surface area contributed by atoms with Gasteiger partial charge in [0.1, 0.15) is 5.75 Å². The van der Waals surface area contributed by atoms with Crippen LogP contribution in [0.1, 0.15) is 19.4 Å². The van der Waals surface area contributed by atoms with E-state index in [4.69, 9.17) is 26.8 Å². The molecule has 0 fully saturated rings. The Morgan fingerprint density at radius 3 is 2.65 bits per heavy atom. The van der Waals surface area contributed by atoms with Crippen LogP contribution in [0.4, 0.5) is 0 Å². The second-order valence-corrected chi connectivity index (χ2v) is 4.90. The summed E-state index contributed by atoms with van der Waals surface area (Å²) in [6.07, 6.45) is 1.68. The molecule has 0 atom stereocenters. The zero-order valence-corrected chi connectivity index (χ0v) is 12.2. The number of hydrogen-bond acceptors (Lipinski definition) is 4. The summed E-state index contributed by atoms with van der Waals surface area (Å²) in [6.45, 7) is 4.19. The van der Waals surface area contributed by atoms with E-state index in [2.05, 4.69) is 4.98 Å². The molecule has 0 radical (unpaired) electrons. The number of hydrogen-bond donors (Lipinski definition) is 1. The molecule has 0 amide bonds. The minimum Gasteiger partial charge on any atom is -0.485 e. The van der Waals surface area contributed by atoms with E-state index in [1.54, 1.807) is 18.3 Å². The molecule has 0 saturated carbocycles. The summed E-state index contributed by atoms with van der Waals surface area (Å²) in [4.78, 5) is 4.20. The number of halogens is 1. The van der Waals surface area contributed by atoms with E-state index in [0.717, 1.165) is 5.56 Å². The molecule has 20 heavy (non-hydrogen) atoms. The topological polar surface area (TPSA) is 57.4 Å². The van der Waals surface area contributed by atoms with Crippen molar-refractivity contribution in [1.82, 2.24) is 4.98 Å². The highest BCUT2D eigenvalue weighted by Crippen LogP contribution is 2.33. The van der Waals surface area contributed by atoms with Gasteiger partial charge in [0.05, 0.1) is 6.10 Å². The Morgan fingerprint density at radius 1 is 1.20 bits per heavy atom. The predicted molar refractivity (Wildman–Crippen MR) is 79.4 cm³/mol. The maximum atomic E-state index is 6.11. The number of aromatic nitrogens is 1. The van der Waals surface area contributed by atoms with E-state index in [9.17, 15) is 0 Å². The molecular weight excluding hydrogens is 276 g/mol. The van der Waals surface area contributed by atoms with Crippen molar-refractivity contribution in [1.29, 1.82) is 0 Å². The molecule has 5 heteroatoms. The summed E-state index contributed by atoms with van der Waals surface area (Å²) in [5, 5.41) is 0.576. The van der Waals surface area contributed by atoms with Crippen molar-refractivity contribution < 1.29 is 9.47 Å². The quantitative estimate of drug-likeness (QED) is 0.911. The van der Waals surface area contributed by atoms with E-state index in [1.807, 2.05) is 32.0 Å². The van der Waals surface area contributed by atoms with E-state index < -0.39 is 0 Å². The molecule has 1 aromatic heterocycles. The van der Waals surface area contributed by atoms with Crippen LogP contribution in [0.3, 0.4) is 0 Å². The SMILES string of the molecule is CC(C)Oc1cccnc1Oc1cccc(Cl)c1CN. The van der Waals surface area contributed by atoms with Gasteiger partial charge >= 0.3 is 0 Å². The lowest BCUT2D eigenvalue weighted by Gasteiger charge is -2.15. The molecule has 1 heterocycles. The molecular formula is C15H17ClN2O2. The monoisotopic (exact) mass is 292 g/mol. The Bertz CT molecular complexity index is 588. The Morgan fingerprint density at radius 2 is 1.95 bits per heavy atom. The van der Waals surface area contributed by atoms with E-state index >= 15 is 0 Å². The van der Waals surface area contributed by atoms with Gasteiger partial charge < -0.3 is 15.2 Å². The lowest BCUT2D eigenvalue weighted by molar-refractivity contribution is 0.231. The number of nitrogens with zero attached hydrogens (tertiary/aromatic N) is 1. The Labute approximate surface area is 123 Å². The molecule has 0 aliphatic rings.